The minimum absolute atomic E-state index is 0.125. The number of aryl methyl sites for hydroxylation is 1. The van der Waals surface area contributed by atoms with Crippen LogP contribution < -0.4 is 21.5 Å². The van der Waals surface area contributed by atoms with E-state index in [9.17, 15) is 9.59 Å². The van der Waals surface area contributed by atoms with Crippen molar-refractivity contribution in [3.05, 3.63) is 57.1 Å². The largest absolute Gasteiger partial charge is 0.382 e. The molecule has 4 rings (SSSR count). The lowest BCUT2D eigenvalue weighted by atomic mass is 10.1. The van der Waals surface area contributed by atoms with E-state index in [1.807, 2.05) is 18.2 Å². The molecule has 0 spiro atoms. The maximum atomic E-state index is 12.7. The summed E-state index contributed by atoms with van der Waals surface area (Å²) in [6.45, 7) is 0.987. The molecule has 1 aliphatic heterocycles. The Morgan fingerprint density at radius 1 is 1.24 bits per heavy atom. The number of carbonyl (C=O) groups excluding carboxylic acids is 1. The van der Waals surface area contributed by atoms with Gasteiger partial charge in [0.05, 0.1) is 22.5 Å². The Morgan fingerprint density at radius 2 is 2.03 bits per heavy atom. The van der Waals surface area contributed by atoms with E-state index in [0.29, 0.717) is 29.5 Å². The highest BCUT2D eigenvalue weighted by Gasteiger charge is 2.23. The molecule has 3 heterocycles. The number of pyridine rings is 2. The lowest BCUT2D eigenvalue weighted by molar-refractivity contribution is 0.0956. The highest BCUT2D eigenvalue weighted by Crippen LogP contribution is 2.31. The minimum Gasteiger partial charge on any atom is -0.382 e. The first-order valence-electron chi connectivity index (χ1n) is 9.03. The Bertz CT molecular complexity index is 1220. The maximum absolute atomic E-state index is 12.7. The van der Waals surface area contributed by atoms with Gasteiger partial charge in [-0.15, -0.1) is 0 Å². The van der Waals surface area contributed by atoms with E-state index in [-0.39, 0.29) is 17.0 Å². The van der Waals surface area contributed by atoms with E-state index in [2.05, 4.69) is 25.9 Å². The van der Waals surface area contributed by atoms with Gasteiger partial charge in [0.1, 0.15) is 10.7 Å². The van der Waals surface area contributed by atoms with E-state index in [4.69, 9.17) is 11.6 Å². The molecule has 0 saturated carbocycles. The number of benzene rings is 1. The predicted octanol–water partition coefficient (Wildman–Crippen LogP) is 2.53. The van der Waals surface area contributed by atoms with Gasteiger partial charge in [-0.3, -0.25) is 14.6 Å². The summed E-state index contributed by atoms with van der Waals surface area (Å²) < 4.78 is 1.49. The Balaban J connectivity index is 1.89. The summed E-state index contributed by atoms with van der Waals surface area (Å²) >= 11 is 6.20. The molecular weight excluding hydrogens is 392 g/mol. The van der Waals surface area contributed by atoms with Gasteiger partial charge in [-0.25, -0.2) is 4.98 Å². The second-order valence-corrected chi connectivity index (χ2v) is 6.96. The standard InChI is InChI=1S/C20H19ClN6O2/c1-22-10-13-14(5-6-24-18(13)21)26-11-3-4-15-12(9-11)17-16(20(29)27(15)2)19(28)25-8-7-23-17/h3-6,9-10,23H,7-8H2,1-2H3,(H,24,26)(H,25,28). The SMILES string of the molecule is CN=Cc1c(Nc2ccc3c(c2)c2c(c(=O)n3C)C(=O)NCCN2)ccnc1Cl. The van der Waals surface area contributed by atoms with Crippen molar-refractivity contribution in [2.24, 2.45) is 12.0 Å². The van der Waals surface area contributed by atoms with Crippen LogP contribution in [0.5, 0.6) is 0 Å². The molecule has 0 saturated heterocycles. The molecule has 0 aliphatic carbocycles. The summed E-state index contributed by atoms with van der Waals surface area (Å²) in [6.07, 6.45) is 3.25. The summed E-state index contributed by atoms with van der Waals surface area (Å²) in [5.74, 6) is -0.367. The zero-order valence-electron chi connectivity index (χ0n) is 15.9. The van der Waals surface area contributed by atoms with Gasteiger partial charge in [0.2, 0.25) is 0 Å². The van der Waals surface area contributed by atoms with Crippen LogP contribution in [0, 0.1) is 0 Å². The third-order valence-electron chi connectivity index (χ3n) is 4.81. The van der Waals surface area contributed by atoms with Crippen LogP contribution in [-0.2, 0) is 7.05 Å². The van der Waals surface area contributed by atoms with E-state index in [0.717, 1.165) is 22.3 Å². The second-order valence-electron chi connectivity index (χ2n) is 6.60. The molecule has 148 valence electrons. The number of halogens is 1. The van der Waals surface area contributed by atoms with Gasteiger partial charge in [-0.1, -0.05) is 11.6 Å². The molecule has 2 aromatic heterocycles. The van der Waals surface area contributed by atoms with Gasteiger partial charge in [-0.2, -0.15) is 0 Å². The monoisotopic (exact) mass is 410 g/mol. The summed E-state index contributed by atoms with van der Waals surface area (Å²) in [7, 11) is 3.32. The molecule has 9 heteroatoms. The van der Waals surface area contributed by atoms with Crippen molar-refractivity contribution in [2.75, 3.05) is 30.8 Å². The zero-order chi connectivity index (χ0) is 20.5. The molecule has 0 bridgehead atoms. The fraction of sp³-hybridized carbons (Fsp3) is 0.200. The average Bonchev–Trinajstić information content (AvgIpc) is 2.90. The highest BCUT2D eigenvalue weighted by molar-refractivity contribution is 6.32. The Kier molecular flexibility index (Phi) is 4.94. The van der Waals surface area contributed by atoms with Crippen LogP contribution in [0.25, 0.3) is 10.9 Å². The Labute approximate surface area is 171 Å². The summed E-state index contributed by atoms with van der Waals surface area (Å²) in [4.78, 5) is 33.3. The average molecular weight is 411 g/mol. The molecule has 0 fully saturated rings. The molecule has 0 unspecified atom stereocenters. The molecular formula is C20H19ClN6O2. The fourth-order valence-electron chi connectivity index (χ4n) is 3.44. The van der Waals surface area contributed by atoms with E-state index >= 15 is 0 Å². The lowest BCUT2D eigenvalue weighted by Crippen LogP contribution is -2.31. The van der Waals surface area contributed by atoms with Crippen molar-refractivity contribution >= 4 is 51.7 Å². The molecule has 1 amide bonds. The maximum Gasteiger partial charge on any atom is 0.265 e. The van der Waals surface area contributed by atoms with Crippen molar-refractivity contribution in [3.8, 4) is 0 Å². The Hall–Kier alpha value is -3.39. The number of fused-ring (bicyclic) bond motifs is 3. The molecule has 1 aromatic carbocycles. The molecule has 3 N–H and O–H groups in total. The van der Waals surface area contributed by atoms with Gasteiger partial charge in [0.25, 0.3) is 11.5 Å². The number of aromatic nitrogens is 2. The van der Waals surface area contributed by atoms with Crippen LogP contribution in [-0.4, -0.2) is 41.8 Å². The first kappa shape index (κ1) is 18.9. The number of anilines is 3. The van der Waals surface area contributed by atoms with Crippen molar-refractivity contribution in [1.82, 2.24) is 14.9 Å². The van der Waals surface area contributed by atoms with Gasteiger partial charge < -0.3 is 20.5 Å². The van der Waals surface area contributed by atoms with Gasteiger partial charge in [-0.05, 0) is 24.3 Å². The number of rotatable bonds is 3. The van der Waals surface area contributed by atoms with Crippen LogP contribution in [0.3, 0.4) is 0 Å². The molecule has 8 nitrogen and oxygen atoms in total. The Morgan fingerprint density at radius 3 is 2.83 bits per heavy atom. The van der Waals surface area contributed by atoms with Gasteiger partial charge in [0.15, 0.2) is 0 Å². The second kappa shape index (κ2) is 7.56. The number of hydrogen-bond acceptors (Lipinski definition) is 6. The summed E-state index contributed by atoms with van der Waals surface area (Å²) in [5.41, 5.74) is 3.26. The van der Waals surface area contributed by atoms with Gasteiger partial charge >= 0.3 is 0 Å². The topological polar surface area (TPSA) is 100 Å². The van der Waals surface area contributed by atoms with E-state index < -0.39 is 0 Å². The number of carbonyl (C=O) groups is 1. The first-order valence-corrected chi connectivity index (χ1v) is 9.41. The normalized spacial score (nSPS) is 13.7. The molecule has 0 atom stereocenters. The lowest BCUT2D eigenvalue weighted by Gasteiger charge is -2.16. The molecule has 0 radical (unpaired) electrons. The minimum atomic E-state index is -0.367. The smallest absolute Gasteiger partial charge is 0.265 e. The van der Waals surface area contributed by atoms with Crippen LogP contribution in [0.2, 0.25) is 5.15 Å². The summed E-state index contributed by atoms with van der Waals surface area (Å²) in [6, 6.07) is 7.42. The zero-order valence-corrected chi connectivity index (χ0v) is 16.7. The highest BCUT2D eigenvalue weighted by atomic mass is 35.5. The van der Waals surface area contributed by atoms with Crippen molar-refractivity contribution < 1.29 is 4.79 Å². The molecule has 29 heavy (non-hydrogen) atoms. The molecule has 1 aliphatic rings. The third kappa shape index (κ3) is 3.31. The fourth-order valence-corrected chi connectivity index (χ4v) is 3.64. The van der Waals surface area contributed by atoms with Crippen LogP contribution in [0.1, 0.15) is 15.9 Å². The third-order valence-corrected chi connectivity index (χ3v) is 5.12. The quantitative estimate of drug-likeness (QED) is 0.455. The molecule has 3 aromatic rings. The van der Waals surface area contributed by atoms with Gasteiger partial charge in [0, 0.05) is 50.7 Å². The number of aliphatic imine (C=N–C) groups is 1. The number of nitrogens with one attached hydrogen (secondary N) is 3. The van der Waals surface area contributed by atoms with Crippen molar-refractivity contribution in [3.63, 3.8) is 0 Å². The van der Waals surface area contributed by atoms with E-state index in [1.165, 1.54) is 4.57 Å². The number of hydrogen-bond donors (Lipinski definition) is 3. The number of nitrogens with zero attached hydrogens (tertiary/aromatic N) is 3. The van der Waals surface area contributed by atoms with Crippen molar-refractivity contribution in [1.29, 1.82) is 0 Å². The number of amides is 1. The van der Waals surface area contributed by atoms with Crippen LogP contribution in [0.4, 0.5) is 17.1 Å². The predicted molar refractivity (Wildman–Crippen MR) is 116 cm³/mol. The summed E-state index contributed by atoms with van der Waals surface area (Å²) in [5, 5.41) is 10.4. The first-order chi connectivity index (χ1) is 14.0. The van der Waals surface area contributed by atoms with Crippen molar-refractivity contribution in [2.45, 2.75) is 0 Å². The van der Waals surface area contributed by atoms with Crippen LogP contribution in [0.15, 0.2) is 40.2 Å². The van der Waals surface area contributed by atoms with Crippen LogP contribution >= 0.6 is 11.6 Å². The van der Waals surface area contributed by atoms with E-state index in [1.54, 1.807) is 32.6 Å².